The van der Waals surface area contributed by atoms with Crippen molar-refractivity contribution < 1.29 is 32.5 Å². The summed E-state index contributed by atoms with van der Waals surface area (Å²) in [5.74, 6) is 0.162. The van der Waals surface area contributed by atoms with Gasteiger partial charge < -0.3 is 29.7 Å². The van der Waals surface area contributed by atoms with Gasteiger partial charge in [-0.05, 0) is 51.7 Å². The van der Waals surface area contributed by atoms with Crippen LogP contribution in [0.4, 0.5) is 19.0 Å². The number of nitrogens with one attached hydrogen (secondary N) is 1. The van der Waals surface area contributed by atoms with Crippen molar-refractivity contribution in [1.29, 1.82) is 0 Å². The van der Waals surface area contributed by atoms with Gasteiger partial charge in [-0.2, -0.15) is 13.2 Å². The van der Waals surface area contributed by atoms with Gasteiger partial charge in [0, 0.05) is 52.0 Å². The number of methoxy groups -OCH3 is 1. The summed E-state index contributed by atoms with van der Waals surface area (Å²) in [6.45, 7) is 6.05. The minimum atomic E-state index is -4.51. The Morgan fingerprint density at radius 2 is 1.94 bits per heavy atom. The normalized spacial score (nSPS) is 30.0. The molecule has 8 nitrogen and oxygen atoms in total. The summed E-state index contributed by atoms with van der Waals surface area (Å²) >= 11 is 0. The van der Waals surface area contributed by atoms with Crippen LogP contribution < -0.4 is 10.2 Å². The van der Waals surface area contributed by atoms with E-state index < -0.39 is 22.9 Å². The van der Waals surface area contributed by atoms with Crippen LogP contribution in [0.15, 0.2) is 18.2 Å². The molecular formula is C25H37F3N4O4. The van der Waals surface area contributed by atoms with Gasteiger partial charge in [0.15, 0.2) is 0 Å². The maximum atomic E-state index is 13.9. The van der Waals surface area contributed by atoms with Gasteiger partial charge in [-0.1, -0.05) is 6.07 Å². The molecule has 0 aromatic carbocycles. The zero-order chi connectivity index (χ0) is 26.1. The van der Waals surface area contributed by atoms with E-state index in [0.717, 1.165) is 18.9 Å². The van der Waals surface area contributed by atoms with Crippen LogP contribution >= 0.6 is 0 Å². The molecule has 1 saturated carbocycles. The molecule has 4 unspecified atom stereocenters. The summed E-state index contributed by atoms with van der Waals surface area (Å²) in [5.41, 5.74) is -3.09. The number of halogens is 3. The second-order valence-electron chi connectivity index (χ2n) is 10.6. The number of amides is 1. The van der Waals surface area contributed by atoms with Crippen LogP contribution in [0.1, 0.15) is 45.2 Å². The summed E-state index contributed by atoms with van der Waals surface area (Å²) in [7, 11) is 1.67. The maximum Gasteiger partial charge on any atom is 0.433 e. The first-order valence-corrected chi connectivity index (χ1v) is 12.6. The number of hydrogen-bond acceptors (Lipinski definition) is 7. The standard InChI is InChI=1S/C25H37F3N4O4/c1-23(2,34)24(9-7-17(15-24)29-18-8-14-36-16-19(18)35-3)22(33)32-12-10-31(11-13-32)21-6-4-5-20(30-21)25(26,27)28/h4-6,17-19,29,34H,7-16H2,1-3H3. The Bertz CT molecular complexity index is 917. The van der Waals surface area contributed by atoms with Gasteiger partial charge in [-0.15, -0.1) is 0 Å². The number of ether oxygens (including phenoxy) is 2. The molecule has 0 radical (unpaired) electrons. The van der Waals surface area contributed by atoms with Crippen LogP contribution in [-0.2, 0) is 20.4 Å². The summed E-state index contributed by atoms with van der Waals surface area (Å²) in [5, 5.41) is 14.8. The third kappa shape index (κ3) is 5.49. The van der Waals surface area contributed by atoms with Crippen LogP contribution in [0.25, 0.3) is 0 Å². The molecule has 36 heavy (non-hydrogen) atoms. The van der Waals surface area contributed by atoms with Crippen LogP contribution in [0.2, 0.25) is 0 Å². The van der Waals surface area contributed by atoms with E-state index in [1.54, 1.807) is 36.8 Å². The van der Waals surface area contributed by atoms with E-state index in [1.165, 1.54) is 6.07 Å². The molecule has 3 heterocycles. The second-order valence-corrected chi connectivity index (χ2v) is 10.6. The number of carbonyl (C=O) groups is 1. The van der Waals surface area contributed by atoms with Crippen molar-refractivity contribution in [3.8, 4) is 0 Å². The Balaban J connectivity index is 1.42. The summed E-state index contributed by atoms with van der Waals surface area (Å²) in [4.78, 5) is 21.2. The Kier molecular flexibility index (Phi) is 7.85. The molecule has 2 aliphatic heterocycles. The lowest BCUT2D eigenvalue weighted by Crippen LogP contribution is -2.59. The van der Waals surface area contributed by atoms with Gasteiger partial charge in [0.1, 0.15) is 11.5 Å². The highest BCUT2D eigenvalue weighted by Crippen LogP contribution is 2.48. The minimum absolute atomic E-state index is 0.0517. The van der Waals surface area contributed by atoms with Gasteiger partial charge in [0.2, 0.25) is 5.91 Å². The van der Waals surface area contributed by atoms with Gasteiger partial charge in [-0.3, -0.25) is 4.79 Å². The fraction of sp³-hybridized carbons (Fsp3) is 0.760. The zero-order valence-corrected chi connectivity index (χ0v) is 21.2. The molecule has 1 aliphatic carbocycles. The maximum absolute atomic E-state index is 13.9. The molecule has 3 aliphatic rings. The monoisotopic (exact) mass is 514 g/mol. The molecule has 2 N–H and O–H groups in total. The highest BCUT2D eigenvalue weighted by Gasteiger charge is 2.56. The fourth-order valence-electron chi connectivity index (χ4n) is 5.84. The lowest BCUT2D eigenvalue weighted by atomic mass is 9.70. The first kappa shape index (κ1) is 27.1. The molecule has 1 aromatic heterocycles. The topological polar surface area (TPSA) is 87.2 Å². The Hall–Kier alpha value is -1.95. The van der Waals surface area contributed by atoms with Crippen molar-refractivity contribution in [3.63, 3.8) is 0 Å². The largest absolute Gasteiger partial charge is 0.433 e. The highest BCUT2D eigenvalue weighted by molar-refractivity contribution is 5.85. The molecule has 3 fully saturated rings. The number of piperazine rings is 1. The Labute approximate surface area is 210 Å². The highest BCUT2D eigenvalue weighted by atomic mass is 19.4. The smallest absolute Gasteiger partial charge is 0.389 e. The lowest BCUT2D eigenvalue weighted by molar-refractivity contribution is -0.158. The number of nitrogens with zero attached hydrogens (tertiary/aromatic N) is 3. The molecule has 4 atom stereocenters. The van der Waals surface area contributed by atoms with E-state index in [-0.39, 0.29) is 29.9 Å². The van der Waals surface area contributed by atoms with E-state index in [4.69, 9.17) is 9.47 Å². The number of aromatic nitrogens is 1. The average Bonchev–Trinajstić information content (AvgIpc) is 3.29. The summed E-state index contributed by atoms with van der Waals surface area (Å²) < 4.78 is 50.3. The number of hydrogen-bond donors (Lipinski definition) is 2. The van der Waals surface area contributed by atoms with E-state index in [2.05, 4.69) is 10.3 Å². The van der Waals surface area contributed by atoms with Crippen molar-refractivity contribution in [2.24, 2.45) is 5.41 Å². The molecule has 11 heteroatoms. The lowest BCUT2D eigenvalue weighted by Gasteiger charge is -2.45. The van der Waals surface area contributed by atoms with E-state index >= 15 is 0 Å². The third-order valence-electron chi connectivity index (χ3n) is 8.07. The number of rotatable bonds is 6. The number of pyridine rings is 1. The predicted octanol–water partition coefficient (Wildman–Crippen LogP) is 2.45. The Morgan fingerprint density at radius 1 is 1.22 bits per heavy atom. The number of carbonyl (C=O) groups excluding carboxylic acids is 1. The average molecular weight is 515 g/mol. The van der Waals surface area contributed by atoms with Gasteiger partial charge in [0.05, 0.1) is 23.7 Å². The van der Waals surface area contributed by atoms with Crippen molar-refractivity contribution in [2.45, 2.75) is 69.5 Å². The van der Waals surface area contributed by atoms with Crippen molar-refractivity contribution >= 4 is 11.7 Å². The quantitative estimate of drug-likeness (QED) is 0.603. The minimum Gasteiger partial charge on any atom is -0.389 e. The molecule has 1 amide bonds. The Morgan fingerprint density at radius 3 is 2.58 bits per heavy atom. The van der Waals surface area contributed by atoms with E-state index in [1.807, 2.05) is 0 Å². The SMILES string of the molecule is COC1COCCC1NC1CCC(C(=O)N2CCN(c3cccc(C(F)(F)F)n3)CC2)(C(C)(C)O)C1. The number of alkyl halides is 3. The van der Waals surface area contributed by atoms with Crippen LogP contribution in [-0.4, -0.2) is 91.2 Å². The molecule has 4 rings (SSSR count). The molecule has 2 saturated heterocycles. The first-order chi connectivity index (χ1) is 16.9. The van der Waals surface area contributed by atoms with Gasteiger partial charge >= 0.3 is 6.18 Å². The number of anilines is 1. The van der Waals surface area contributed by atoms with Crippen LogP contribution in [0, 0.1) is 5.41 Å². The molecule has 202 valence electrons. The van der Waals surface area contributed by atoms with E-state index in [0.29, 0.717) is 52.2 Å². The first-order valence-electron chi connectivity index (χ1n) is 12.6. The van der Waals surface area contributed by atoms with Crippen molar-refractivity contribution in [2.75, 3.05) is 51.4 Å². The van der Waals surface area contributed by atoms with Crippen molar-refractivity contribution in [3.05, 3.63) is 23.9 Å². The van der Waals surface area contributed by atoms with Gasteiger partial charge in [0.25, 0.3) is 0 Å². The molecule has 0 bridgehead atoms. The fourth-order valence-corrected chi connectivity index (χ4v) is 5.84. The number of aliphatic hydroxyl groups is 1. The molecular weight excluding hydrogens is 477 g/mol. The third-order valence-corrected chi connectivity index (χ3v) is 8.07. The summed E-state index contributed by atoms with van der Waals surface area (Å²) in [6.07, 6.45) is -1.90. The molecule has 1 aromatic rings. The van der Waals surface area contributed by atoms with Crippen molar-refractivity contribution in [1.82, 2.24) is 15.2 Å². The van der Waals surface area contributed by atoms with E-state index in [9.17, 15) is 23.1 Å². The second kappa shape index (κ2) is 10.4. The summed E-state index contributed by atoms with van der Waals surface area (Å²) in [6, 6.07) is 4.06. The van der Waals surface area contributed by atoms with Crippen LogP contribution in [0.5, 0.6) is 0 Å². The predicted molar refractivity (Wildman–Crippen MR) is 128 cm³/mol. The van der Waals surface area contributed by atoms with Crippen LogP contribution in [0.3, 0.4) is 0 Å². The van der Waals surface area contributed by atoms with Gasteiger partial charge in [-0.25, -0.2) is 4.98 Å². The molecule has 0 spiro atoms. The zero-order valence-electron chi connectivity index (χ0n) is 21.2.